The van der Waals surface area contributed by atoms with Crippen LogP contribution in [0.4, 0.5) is 0 Å². The Morgan fingerprint density at radius 1 is 0.262 bits per heavy atom. The van der Waals surface area contributed by atoms with Gasteiger partial charge in [0.15, 0.2) is 6.10 Å². The maximum Gasteiger partial charge on any atom is 0.306 e. The van der Waals surface area contributed by atoms with Crippen molar-refractivity contribution in [3.63, 3.8) is 0 Å². The van der Waals surface area contributed by atoms with Crippen LogP contribution < -0.4 is 0 Å². The molecule has 0 aliphatic rings. The van der Waals surface area contributed by atoms with Crippen molar-refractivity contribution in [2.24, 2.45) is 17.8 Å². The Morgan fingerprint density at radius 2 is 0.446 bits per heavy atom. The van der Waals surface area contributed by atoms with Crippen LogP contribution in [0.1, 0.15) is 324 Å². The van der Waals surface area contributed by atoms with Gasteiger partial charge in [0.05, 0.1) is 0 Å². The van der Waals surface area contributed by atoms with Gasteiger partial charge in [-0.15, -0.1) is 0 Å². The lowest BCUT2D eigenvalue weighted by Crippen LogP contribution is -2.30. The lowest BCUT2D eigenvalue weighted by Gasteiger charge is -2.18. The van der Waals surface area contributed by atoms with Crippen molar-refractivity contribution in [3.8, 4) is 0 Å². The second-order valence-corrected chi connectivity index (χ2v) is 21.7. The van der Waals surface area contributed by atoms with Gasteiger partial charge in [0.25, 0.3) is 0 Å². The van der Waals surface area contributed by atoms with E-state index in [1.165, 1.54) is 205 Å². The molecule has 0 rings (SSSR count). The molecule has 0 saturated heterocycles. The second kappa shape index (κ2) is 50.3. The average molecular weight is 920 g/mol. The zero-order chi connectivity index (χ0) is 47.7. The van der Waals surface area contributed by atoms with Crippen LogP contribution in [-0.4, -0.2) is 37.2 Å². The van der Waals surface area contributed by atoms with E-state index in [9.17, 15) is 14.4 Å². The van der Waals surface area contributed by atoms with E-state index in [4.69, 9.17) is 14.2 Å². The van der Waals surface area contributed by atoms with Crippen molar-refractivity contribution in [3.05, 3.63) is 0 Å². The molecule has 0 aliphatic heterocycles. The quantitative estimate of drug-likeness (QED) is 0.0344. The Balaban J connectivity index is 4.22. The number of esters is 3. The van der Waals surface area contributed by atoms with Gasteiger partial charge in [-0.2, -0.15) is 0 Å². The summed E-state index contributed by atoms with van der Waals surface area (Å²) in [7, 11) is 0. The predicted octanol–water partition coefficient (Wildman–Crippen LogP) is 19.1. The van der Waals surface area contributed by atoms with Crippen molar-refractivity contribution in [2.75, 3.05) is 13.2 Å². The molecule has 6 heteroatoms. The van der Waals surface area contributed by atoms with E-state index in [-0.39, 0.29) is 31.1 Å². The SMILES string of the molecule is CC(C)CCCCCCCCCCCCCCCCCCCCC(=O)O[C@H](COC(=O)CCCCCCCCCCCCCCCC(C)C)COC(=O)CCCCCCCCCC(C)C. The van der Waals surface area contributed by atoms with Crippen LogP contribution >= 0.6 is 0 Å². The number of ether oxygens (including phenoxy) is 3. The Labute approximate surface area is 406 Å². The highest BCUT2D eigenvalue weighted by molar-refractivity contribution is 5.71. The van der Waals surface area contributed by atoms with Gasteiger partial charge >= 0.3 is 17.9 Å². The summed E-state index contributed by atoms with van der Waals surface area (Å²) in [5, 5.41) is 0. The molecule has 0 amide bonds. The number of carbonyl (C=O) groups is 3. The van der Waals surface area contributed by atoms with Gasteiger partial charge in [0.1, 0.15) is 13.2 Å². The molecule has 0 spiro atoms. The second-order valence-electron chi connectivity index (χ2n) is 21.7. The van der Waals surface area contributed by atoms with Gasteiger partial charge in [-0.3, -0.25) is 14.4 Å². The molecule has 0 fully saturated rings. The third-order valence-electron chi connectivity index (χ3n) is 13.4. The number of carbonyl (C=O) groups excluding carboxylic acids is 3. The lowest BCUT2D eigenvalue weighted by atomic mass is 10.0. The van der Waals surface area contributed by atoms with Gasteiger partial charge in [-0.1, -0.05) is 286 Å². The molecule has 6 nitrogen and oxygen atoms in total. The minimum atomic E-state index is -0.764. The first kappa shape index (κ1) is 63.4. The fourth-order valence-electron chi connectivity index (χ4n) is 9.00. The third kappa shape index (κ3) is 53.2. The van der Waals surface area contributed by atoms with Gasteiger partial charge in [-0.05, 0) is 37.0 Å². The van der Waals surface area contributed by atoms with Gasteiger partial charge in [0, 0.05) is 19.3 Å². The predicted molar refractivity (Wildman–Crippen MR) is 279 cm³/mol. The molecule has 0 N–H and O–H groups in total. The van der Waals surface area contributed by atoms with Crippen molar-refractivity contribution in [1.82, 2.24) is 0 Å². The topological polar surface area (TPSA) is 78.9 Å². The average Bonchev–Trinajstić information content (AvgIpc) is 3.26. The smallest absolute Gasteiger partial charge is 0.306 e. The van der Waals surface area contributed by atoms with Crippen molar-refractivity contribution < 1.29 is 28.6 Å². The number of hydrogen-bond donors (Lipinski definition) is 0. The molecule has 65 heavy (non-hydrogen) atoms. The molecular weight excluding hydrogens is 805 g/mol. The number of unbranched alkanes of at least 4 members (excludes halogenated alkanes) is 35. The monoisotopic (exact) mass is 919 g/mol. The highest BCUT2D eigenvalue weighted by Gasteiger charge is 2.19. The molecule has 0 radical (unpaired) electrons. The molecular formula is C59H114O6. The first-order chi connectivity index (χ1) is 31.6. The van der Waals surface area contributed by atoms with Crippen LogP contribution in [0.3, 0.4) is 0 Å². The van der Waals surface area contributed by atoms with Crippen LogP contribution in [0.15, 0.2) is 0 Å². The Kier molecular flexibility index (Phi) is 49.1. The molecule has 0 bridgehead atoms. The van der Waals surface area contributed by atoms with E-state index in [1.807, 2.05) is 0 Å². The zero-order valence-corrected chi connectivity index (χ0v) is 44.8. The summed E-state index contributed by atoms with van der Waals surface area (Å²) in [5.74, 6) is 1.63. The Bertz CT molecular complexity index is 1010. The first-order valence-electron chi connectivity index (χ1n) is 29.1. The van der Waals surface area contributed by atoms with Crippen LogP contribution in [0, 0.1) is 17.8 Å². The largest absolute Gasteiger partial charge is 0.462 e. The van der Waals surface area contributed by atoms with E-state index in [0.717, 1.165) is 75.5 Å². The molecule has 0 aromatic heterocycles. The zero-order valence-electron chi connectivity index (χ0n) is 44.8. The molecule has 0 unspecified atom stereocenters. The summed E-state index contributed by atoms with van der Waals surface area (Å²) in [6, 6.07) is 0. The Morgan fingerprint density at radius 3 is 0.662 bits per heavy atom. The van der Waals surface area contributed by atoms with Gasteiger partial charge in [0.2, 0.25) is 0 Å². The van der Waals surface area contributed by atoms with E-state index in [0.29, 0.717) is 19.3 Å². The normalized spacial score (nSPS) is 12.1. The van der Waals surface area contributed by atoms with Crippen LogP contribution in [0.25, 0.3) is 0 Å². The summed E-state index contributed by atoms with van der Waals surface area (Å²) >= 11 is 0. The molecule has 0 aliphatic carbocycles. The van der Waals surface area contributed by atoms with Gasteiger partial charge < -0.3 is 14.2 Å². The summed E-state index contributed by atoms with van der Waals surface area (Å²) in [6.45, 7) is 13.7. The lowest BCUT2D eigenvalue weighted by molar-refractivity contribution is -0.167. The van der Waals surface area contributed by atoms with E-state index >= 15 is 0 Å². The molecule has 386 valence electrons. The summed E-state index contributed by atoms with van der Waals surface area (Å²) < 4.78 is 16.9. The van der Waals surface area contributed by atoms with E-state index in [2.05, 4.69) is 41.5 Å². The maximum atomic E-state index is 12.8. The van der Waals surface area contributed by atoms with Gasteiger partial charge in [-0.25, -0.2) is 0 Å². The highest BCUT2D eigenvalue weighted by atomic mass is 16.6. The molecule has 0 aromatic carbocycles. The Hall–Kier alpha value is -1.59. The van der Waals surface area contributed by atoms with Crippen LogP contribution in [0.5, 0.6) is 0 Å². The van der Waals surface area contributed by atoms with Crippen LogP contribution in [0.2, 0.25) is 0 Å². The van der Waals surface area contributed by atoms with Crippen LogP contribution in [-0.2, 0) is 28.6 Å². The van der Waals surface area contributed by atoms with E-state index < -0.39 is 6.10 Å². The summed E-state index contributed by atoms with van der Waals surface area (Å²) in [4.78, 5) is 38.1. The standard InChI is InChI=1S/C59H114O6/c1-53(2)45-39-33-27-22-18-14-11-9-7-8-10-12-16-21-25-31-38-44-50-59(62)65-56(52-64-58(61)49-43-37-32-26-29-35-41-47-55(5)6)51-63-57(60)48-42-36-30-24-20-17-13-15-19-23-28-34-40-46-54(3)4/h53-56H,7-52H2,1-6H3/t56-/m1/s1. The van der Waals surface area contributed by atoms with E-state index in [1.54, 1.807) is 0 Å². The first-order valence-corrected chi connectivity index (χ1v) is 29.1. The van der Waals surface area contributed by atoms with Crippen molar-refractivity contribution in [1.29, 1.82) is 0 Å². The highest BCUT2D eigenvalue weighted by Crippen LogP contribution is 2.18. The van der Waals surface area contributed by atoms with Crippen molar-refractivity contribution >= 4 is 17.9 Å². The summed E-state index contributed by atoms with van der Waals surface area (Å²) in [6.07, 6.45) is 52.5. The number of rotatable bonds is 52. The summed E-state index contributed by atoms with van der Waals surface area (Å²) in [5.41, 5.74) is 0. The fourth-order valence-corrected chi connectivity index (χ4v) is 9.00. The minimum absolute atomic E-state index is 0.0641. The third-order valence-corrected chi connectivity index (χ3v) is 13.4. The molecule has 0 saturated carbocycles. The molecule has 0 heterocycles. The minimum Gasteiger partial charge on any atom is -0.462 e. The van der Waals surface area contributed by atoms with Crippen molar-refractivity contribution in [2.45, 2.75) is 330 Å². The maximum absolute atomic E-state index is 12.8. The fraction of sp³-hybridized carbons (Fsp3) is 0.949. The molecule has 1 atom stereocenters. The number of hydrogen-bond acceptors (Lipinski definition) is 6. The molecule has 0 aromatic rings.